The van der Waals surface area contributed by atoms with Crippen LogP contribution >= 0.6 is 38.4 Å². The van der Waals surface area contributed by atoms with Crippen LogP contribution < -0.4 is 0 Å². The van der Waals surface area contributed by atoms with Crippen molar-refractivity contribution in [3.8, 4) is 0 Å². The van der Waals surface area contributed by atoms with Crippen molar-refractivity contribution in [2.45, 2.75) is 57.2 Å². The maximum absolute atomic E-state index is 12.7. The average molecular weight is 549 g/mol. The van der Waals surface area contributed by atoms with Gasteiger partial charge in [-0.05, 0) is 12.8 Å². The molecule has 33 heavy (non-hydrogen) atoms. The van der Waals surface area contributed by atoms with Gasteiger partial charge in [0.1, 0.15) is 0 Å². The predicted octanol–water partition coefficient (Wildman–Crippen LogP) is 2.04. The monoisotopic (exact) mass is 548 g/mol. The molecule has 16 heteroatoms. The number of nitrogens with zero attached hydrogens (tertiary/aromatic N) is 4. The van der Waals surface area contributed by atoms with E-state index in [1.807, 2.05) is 6.20 Å². The summed E-state index contributed by atoms with van der Waals surface area (Å²) in [5.74, 6) is -0.0974. The van der Waals surface area contributed by atoms with Crippen LogP contribution in [0.2, 0.25) is 0 Å². The molecule has 0 saturated carbocycles. The molecule has 0 bridgehead atoms. The molecular weight excluding hydrogens is 514 g/mol. The summed E-state index contributed by atoms with van der Waals surface area (Å²) < 4.78 is 33.0. The van der Waals surface area contributed by atoms with Crippen molar-refractivity contribution in [1.82, 2.24) is 19.9 Å². The summed E-state index contributed by atoms with van der Waals surface area (Å²) in [5, 5.41) is 18.2. The first-order valence-corrected chi connectivity index (χ1v) is 16.3. The summed E-state index contributed by atoms with van der Waals surface area (Å²) in [7, 11) is -0.904. The zero-order valence-electron chi connectivity index (χ0n) is 18.8. The first-order valence-electron chi connectivity index (χ1n) is 10.6. The first kappa shape index (κ1) is 29.0. The van der Waals surface area contributed by atoms with Crippen LogP contribution in [0.3, 0.4) is 0 Å². The van der Waals surface area contributed by atoms with E-state index in [9.17, 15) is 19.4 Å². The van der Waals surface area contributed by atoms with Crippen LogP contribution in [0.15, 0.2) is 6.20 Å². The molecule has 0 aromatic carbocycles. The van der Waals surface area contributed by atoms with E-state index in [1.54, 1.807) is 9.58 Å². The standard InChI is InChI=1S/C17H34N4O8P2S2/c1-26-30(24,32)28-9-4-3-6-14-11-20(19-18-14)8-5-7-17(23)21-12-16(22)10-15(21)13-29-31(25,33)27-2/h11,15-16,22,25,31,33H,3-10,12-13H2,1-2H3,(H,24,32)/t15-,16?,30?/m0/s1. The number of aryl methyl sites for hydroxylation is 2. The van der Waals surface area contributed by atoms with Crippen molar-refractivity contribution in [1.29, 1.82) is 0 Å². The minimum atomic E-state index is -3.50. The predicted molar refractivity (Wildman–Crippen MR) is 130 cm³/mol. The van der Waals surface area contributed by atoms with Crippen molar-refractivity contribution in [2.75, 3.05) is 34.0 Å². The van der Waals surface area contributed by atoms with Crippen LogP contribution in [0.25, 0.3) is 0 Å². The van der Waals surface area contributed by atoms with Crippen LogP contribution in [0.1, 0.15) is 37.8 Å². The second-order valence-electron chi connectivity index (χ2n) is 7.67. The quantitative estimate of drug-likeness (QED) is 0.146. The average Bonchev–Trinajstić information content (AvgIpc) is 3.38. The number of unbranched alkanes of at least 4 members (excludes halogenated alkanes) is 1. The molecular formula is C17H34N4O8P2S2. The molecule has 1 aliphatic rings. The summed E-state index contributed by atoms with van der Waals surface area (Å²) in [6.45, 7) is -2.14. The van der Waals surface area contributed by atoms with Crippen LogP contribution in [0, 0.1) is 0 Å². The first-order chi connectivity index (χ1) is 15.5. The Balaban J connectivity index is 1.69. The van der Waals surface area contributed by atoms with Gasteiger partial charge in [-0.1, -0.05) is 12.2 Å². The van der Waals surface area contributed by atoms with Crippen molar-refractivity contribution in [3.05, 3.63) is 11.9 Å². The fourth-order valence-electron chi connectivity index (χ4n) is 3.36. The number of likely N-dealkylation sites (tertiary alicyclic amines) is 1. The Kier molecular flexibility index (Phi) is 12.0. The Bertz CT molecular complexity index is 803. The molecule has 2 heterocycles. The van der Waals surface area contributed by atoms with E-state index in [1.165, 1.54) is 14.2 Å². The van der Waals surface area contributed by atoms with E-state index >= 15 is 0 Å². The molecule has 2 N–H and O–H groups in total. The molecule has 0 aliphatic carbocycles. The van der Waals surface area contributed by atoms with E-state index in [2.05, 4.69) is 39.3 Å². The van der Waals surface area contributed by atoms with Crippen LogP contribution in [-0.4, -0.2) is 81.9 Å². The van der Waals surface area contributed by atoms with E-state index in [0.717, 1.165) is 12.1 Å². The Morgan fingerprint density at radius 3 is 2.82 bits per heavy atom. The normalized spacial score (nSPS) is 21.3. The number of carbonyl (C=O) groups excluding carboxylic acids is 1. The van der Waals surface area contributed by atoms with Crippen molar-refractivity contribution < 1.29 is 37.5 Å². The maximum atomic E-state index is 12.7. The Morgan fingerprint density at radius 2 is 2.12 bits per heavy atom. The van der Waals surface area contributed by atoms with Gasteiger partial charge in [-0.15, -0.1) is 0 Å². The third-order valence-electron chi connectivity index (χ3n) is 5.12. The van der Waals surface area contributed by atoms with Gasteiger partial charge in [0.05, 0.1) is 6.61 Å². The number of aliphatic hydroxyl groups is 1. The third kappa shape index (κ3) is 10.5. The molecule has 12 nitrogen and oxygen atoms in total. The molecule has 2 rings (SSSR count). The Labute approximate surface area is 204 Å². The number of β-amino-alcohol motifs (C(OH)–C–C–N with tert-alkyl or cyclic N) is 1. The van der Waals surface area contributed by atoms with Crippen molar-refractivity contribution in [2.24, 2.45) is 0 Å². The second kappa shape index (κ2) is 13.7. The third-order valence-corrected chi connectivity index (χ3v) is 8.93. The van der Waals surface area contributed by atoms with E-state index in [4.69, 9.17) is 13.6 Å². The number of aromatic nitrogens is 3. The Hall–Kier alpha value is -0.270. The SMILES string of the molecule is COP(=O)(S)OCCCCc1cn(CCCC(=O)N2CC(O)C[C@H]2CO[PH](O)(S)OC)nn1. The number of amides is 1. The van der Waals surface area contributed by atoms with Crippen LogP contribution in [0.4, 0.5) is 0 Å². The summed E-state index contributed by atoms with van der Waals surface area (Å²) in [4.78, 5) is 24.1. The number of aliphatic hydroxyl groups excluding tert-OH is 1. The molecule has 1 amide bonds. The summed E-state index contributed by atoms with van der Waals surface area (Å²) >= 11 is 7.75. The van der Waals surface area contributed by atoms with Gasteiger partial charge >= 0.3 is 152 Å². The molecule has 0 radical (unpaired) electrons. The van der Waals surface area contributed by atoms with Crippen molar-refractivity contribution in [3.63, 3.8) is 0 Å². The van der Waals surface area contributed by atoms with E-state index < -0.39 is 20.0 Å². The molecule has 1 aromatic rings. The zero-order chi connectivity index (χ0) is 24.5. The molecule has 192 valence electrons. The molecule has 1 saturated heterocycles. The molecule has 1 fully saturated rings. The number of thiol groups is 2. The fourth-order valence-corrected chi connectivity index (χ4v) is 4.82. The molecule has 3 atom stereocenters. The van der Waals surface area contributed by atoms with Gasteiger partial charge in [0.25, 0.3) is 0 Å². The Morgan fingerprint density at radius 1 is 1.36 bits per heavy atom. The second-order valence-corrected chi connectivity index (χ2v) is 14.2. The molecule has 2 unspecified atom stereocenters. The number of hydrogen-bond acceptors (Lipinski definition) is 11. The van der Waals surface area contributed by atoms with E-state index in [-0.39, 0.29) is 38.1 Å². The van der Waals surface area contributed by atoms with Gasteiger partial charge in [-0.3, -0.25) is 0 Å². The molecule has 1 aromatic heterocycles. The minimum absolute atomic E-state index is 0.0529. The summed E-state index contributed by atoms with van der Waals surface area (Å²) in [6.07, 6.45) is 4.59. The summed E-state index contributed by atoms with van der Waals surface area (Å²) in [5.41, 5.74) is 0.823. The van der Waals surface area contributed by atoms with Gasteiger partial charge in [-0.2, -0.15) is 0 Å². The molecule has 0 spiro atoms. The molecule has 1 aliphatic heterocycles. The number of rotatable bonds is 15. The summed E-state index contributed by atoms with van der Waals surface area (Å²) in [6, 6.07) is -0.337. The number of carbonyl (C=O) groups is 1. The van der Waals surface area contributed by atoms with Gasteiger partial charge in [0, 0.05) is 7.11 Å². The van der Waals surface area contributed by atoms with Crippen LogP contribution in [0.5, 0.6) is 0 Å². The van der Waals surface area contributed by atoms with Crippen LogP contribution in [-0.2, 0) is 40.4 Å². The fraction of sp³-hybridized carbons (Fsp3) is 0.824. The van der Waals surface area contributed by atoms with E-state index in [0.29, 0.717) is 32.2 Å². The van der Waals surface area contributed by atoms with Gasteiger partial charge in [0.2, 0.25) is 0 Å². The zero-order valence-corrected chi connectivity index (χ0v) is 22.5. The van der Waals surface area contributed by atoms with Gasteiger partial charge < -0.3 is 9.05 Å². The number of hydrogen-bond donors (Lipinski definition) is 4. The van der Waals surface area contributed by atoms with Gasteiger partial charge in [-0.25, -0.2) is 4.57 Å². The van der Waals surface area contributed by atoms with Gasteiger partial charge in [0.15, 0.2) is 0 Å². The topological polar surface area (TPSA) is 145 Å². The van der Waals surface area contributed by atoms with Crippen molar-refractivity contribution >= 4 is 44.3 Å².